The summed E-state index contributed by atoms with van der Waals surface area (Å²) in [5, 5.41) is 16.6. The van der Waals surface area contributed by atoms with E-state index in [0.29, 0.717) is 17.1 Å². The van der Waals surface area contributed by atoms with E-state index in [1.54, 1.807) is 12.1 Å². The van der Waals surface area contributed by atoms with Gasteiger partial charge in [-0.25, -0.2) is 5.43 Å². The van der Waals surface area contributed by atoms with Crippen molar-refractivity contribution >= 4 is 12.2 Å². The molecule has 3 aromatic rings. The fourth-order valence-electron chi connectivity index (χ4n) is 1.79. The van der Waals surface area contributed by atoms with Crippen molar-refractivity contribution in [1.29, 1.82) is 0 Å². The molecule has 1 aromatic carbocycles. The summed E-state index contributed by atoms with van der Waals surface area (Å²) in [6.45, 7) is 0. The quantitative estimate of drug-likeness (QED) is 0.569. The maximum absolute atomic E-state index is 12.7. The molecule has 0 unspecified atom stereocenters. The number of benzene rings is 1. The van der Waals surface area contributed by atoms with Crippen molar-refractivity contribution in [2.24, 2.45) is 5.10 Å². The lowest BCUT2D eigenvalue weighted by atomic mass is 10.1. The Morgan fingerprint density at radius 3 is 2.83 bits per heavy atom. The van der Waals surface area contributed by atoms with Gasteiger partial charge in [0.2, 0.25) is 0 Å². The van der Waals surface area contributed by atoms with Crippen molar-refractivity contribution in [2.75, 3.05) is 5.43 Å². The normalized spacial score (nSPS) is 12.0. The number of hydrogen-bond donors (Lipinski definition) is 2. The first-order valence-corrected chi connectivity index (χ1v) is 6.32. The van der Waals surface area contributed by atoms with Gasteiger partial charge in [-0.1, -0.05) is 17.2 Å². The summed E-state index contributed by atoms with van der Waals surface area (Å²) in [4.78, 5) is 0. The number of anilines is 1. The number of hydrogen-bond acceptors (Lipinski definition) is 6. The molecule has 118 valence electrons. The summed E-state index contributed by atoms with van der Waals surface area (Å²) in [7, 11) is 0. The third-order valence-corrected chi connectivity index (χ3v) is 2.80. The first-order valence-electron chi connectivity index (χ1n) is 6.32. The number of aromatic nitrogens is 4. The number of rotatable bonds is 4. The molecule has 0 spiro atoms. The topological polar surface area (TPSA) is 92.0 Å². The molecule has 10 heteroatoms. The zero-order chi connectivity index (χ0) is 16.3. The van der Waals surface area contributed by atoms with Crippen LogP contribution < -0.4 is 5.43 Å². The number of H-pyrrole nitrogens is 1. The first kappa shape index (κ1) is 14.8. The first-order chi connectivity index (χ1) is 11.0. The zero-order valence-corrected chi connectivity index (χ0v) is 11.4. The summed E-state index contributed by atoms with van der Waals surface area (Å²) in [6, 6.07) is 8.03. The highest BCUT2D eigenvalue weighted by Crippen LogP contribution is 2.32. The number of hydrazone groups is 1. The fourth-order valence-corrected chi connectivity index (χ4v) is 1.79. The zero-order valence-electron chi connectivity index (χ0n) is 11.4. The number of nitrogens with zero attached hydrogens (tertiary/aromatic N) is 4. The van der Waals surface area contributed by atoms with Gasteiger partial charge >= 0.3 is 6.18 Å². The molecule has 0 fully saturated rings. The Bertz CT molecular complexity index is 809. The van der Waals surface area contributed by atoms with Gasteiger partial charge in [-0.05, 0) is 29.5 Å². The van der Waals surface area contributed by atoms with E-state index in [1.165, 1.54) is 18.3 Å². The van der Waals surface area contributed by atoms with Crippen LogP contribution >= 0.6 is 0 Å². The molecule has 0 aliphatic carbocycles. The Morgan fingerprint density at radius 2 is 2.09 bits per heavy atom. The summed E-state index contributed by atoms with van der Waals surface area (Å²) >= 11 is 0. The molecule has 2 aromatic heterocycles. The third kappa shape index (κ3) is 3.54. The minimum Gasteiger partial charge on any atom is -0.455 e. The maximum Gasteiger partial charge on any atom is 0.416 e. The van der Waals surface area contributed by atoms with Gasteiger partial charge in [-0.3, -0.25) is 0 Å². The number of halogens is 3. The number of furan rings is 1. The highest BCUT2D eigenvalue weighted by molar-refractivity contribution is 5.78. The van der Waals surface area contributed by atoms with Crippen LogP contribution in [0.15, 0.2) is 45.9 Å². The summed E-state index contributed by atoms with van der Waals surface area (Å²) < 4.78 is 43.6. The molecule has 0 amide bonds. The summed E-state index contributed by atoms with van der Waals surface area (Å²) in [5.41, 5.74) is 2.08. The van der Waals surface area contributed by atoms with E-state index in [9.17, 15) is 13.2 Å². The third-order valence-electron chi connectivity index (χ3n) is 2.80. The smallest absolute Gasteiger partial charge is 0.416 e. The van der Waals surface area contributed by atoms with Crippen LogP contribution in [0.5, 0.6) is 0 Å². The second kappa shape index (κ2) is 5.91. The molecule has 3 rings (SSSR count). The van der Waals surface area contributed by atoms with Crippen molar-refractivity contribution in [3.05, 3.63) is 47.7 Å². The molecular weight excluding hydrogens is 313 g/mol. The Morgan fingerprint density at radius 1 is 1.22 bits per heavy atom. The van der Waals surface area contributed by atoms with Crippen LogP contribution in [0.2, 0.25) is 0 Å². The van der Waals surface area contributed by atoms with Crippen molar-refractivity contribution in [3.63, 3.8) is 0 Å². The lowest BCUT2D eigenvalue weighted by Crippen LogP contribution is -2.04. The number of tetrazole rings is 1. The van der Waals surface area contributed by atoms with Crippen LogP contribution in [0, 0.1) is 0 Å². The Hall–Kier alpha value is -3.17. The van der Waals surface area contributed by atoms with Gasteiger partial charge in [0.25, 0.3) is 5.95 Å². The van der Waals surface area contributed by atoms with Gasteiger partial charge in [0.15, 0.2) is 0 Å². The van der Waals surface area contributed by atoms with Crippen LogP contribution in [0.3, 0.4) is 0 Å². The predicted molar refractivity (Wildman–Crippen MR) is 74.5 cm³/mol. The number of nitrogens with one attached hydrogen (secondary N) is 2. The largest absolute Gasteiger partial charge is 0.455 e. The standard InChI is InChI=1S/C13H9F3N6O/c14-13(15,16)9-3-1-2-8(6-9)11-5-4-10(23-11)7-17-18-12-19-21-22-20-12/h1-7H,(H2,18,19,20,21,22)/b17-7+. The van der Waals surface area contributed by atoms with E-state index in [2.05, 4.69) is 31.2 Å². The summed E-state index contributed by atoms with van der Waals surface area (Å²) in [5.74, 6) is 0.830. The average molecular weight is 322 g/mol. The van der Waals surface area contributed by atoms with Crippen molar-refractivity contribution in [2.45, 2.75) is 6.18 Å². The van der Waals surface area contributed by atoms with E-state index in [4.69, 9.17) is 4.42 Å². The van der Waals surface area contributed by atoms with Gasteiger partial charge < -0.3 is 4.42 Å². The Labute approximate surface area is 127 Å². The van der Waals surface area contributed by atoms with Gasteiger partial charge in [0.1, 0.15) is 11.5 Å². The molecule has 23 heavy (non-hydrogen) atoms. The van der Waals surface area contributed by atoms with Crippen LogP contribution in [-0.2, 0) is 6.18 Å². The van der Waals surface area contributed by atoms with E-state index in [-0.39, 0.29) is 5.95 Å². The molecule has 2 N–H and O–H groups in total. The minimum absolute atomic E-state index is 0.172. The molecule has 0 bridgehead atoms. The molecule has 0 radical (unpaired) electrons. The molecule has 0 aliphatic heterocycles. The van der Waals surface area contributed by atoms with Gasteiger partial charge in [-0.15, -0.1) is 5.10 Å². The van der Waals surface area contributed by atoms with Gasteiger partial charge in [-0.2, -0.15) is 23.5 Å². The molecule has 0 saturated heterocycles. The van der Waals surface area contributed by atoms with Crippen molar-refractivity contribution in [3.8, 4) is 11.3 Å². The molecule has 7 nitrogen and oxygen atoms in total. The molecule has 0 atom stereocenters. The van der Waals surface area contributed by atoms with Crippen LogP contribution in [0.4, 0.5) is 19.1 Å². The van der Waals surface area contributed by atoms with Crippen molar-refractivity contribution < 1.29 is 17.6 Å². The lowest BCUT2D eigenvalue weighted by molar-refractivity contribution is -0.137. The Kier molecular flexibility index (Phi) is 3.79. The summed E-state index contributed by atoms with van der Waals surface area (Å²) in [6.07, 6.45) is -3.06. The van der Waals surface area contributed by atoms with Gasteiger partial charge in [0, 0.05) is 5.56 Å². The maximum atomic E-state index is 12.7. The minimum atomic E-state index is -4.40. The number of alkyl halides is 3. The van der Waals surface area contributed by atoms with Gasteiger partial charge in [0.05, 0.1) is 11.8 Å². The van der Waals surface area contributed by atoms with E-state index in [0.717, 1.165) is 12.1 Å². The Balaban J connectivity index is 1.75. The van der Waals surface area contributed by atoms with E-state index in [1.807, 2.05) is 0 Å². The van der Waals surface area contributed by atoms with Crippen molar-refractivity contribution in [1.82, 2.24) is 20.6 Å². The number of aromatic amines is 1. The molecular formula is C13H9F3N6O. The fraction of sp³-hybridized carbons (Fsp3) is 0.0769. The average Bonchev–Trinajstić information content (AvgIpc) is 3.18. The predicted octanol–water partition coefficient (Wildman–Crippen LogP) is 2.92. The highest BCUT2D eigenvalue weighted by Gasteiger charge is 2.30. The monoisotopic (exact) mass is 322 g/mol. The molecule has 2 heterocycles. The van der Waals surface area contributed by atoms with Crippen LogP contribution in [-0.4, -0.2) is 26.8 Å². The highest BCUT2D eigenvalue weighted by atomic mass is 19.4. The molecule has 0 saturated carbocycles. The van der Waals surface area contributed by atoms with E-state index >= 15 is 0 Å². The van der Waals surface area contributed by atoms with Crippen LogP contribution in [0.25, 0.3) is 11.3 Å². The van der Waals surface area contributed by atoms with Crippen LogP contribution in [0.1, 0.15) is 11.3 Å². The SMILES string of the molecule is FC(F)(F)c1cccc(-c2ccc(/C=N/Nc3nn[nH]n3)o2)c1. The second-order valence-electron chi connectivity index (χ2n) is 4.39. The lowest BCUT2D eigenvalue weighted by Gasteiger charge is -2.07. The molecule has 0 aliphatic rings. The van der Waals surface area contributed by atoms with E-state index < -0.39 is 11.7 Å². The second-order valence-corrected chi connectivity index (χ2v) is 4.39.